The fourth-order valence-electron chi connectivity index (χ4n) is 2.43. The van der Waals surface area contributed by atoms with Crippen molar-refractivity contribution < 1.29 is 4.52 Å². The molecule has 4 nitrogen and oxygen atoms in total. The lowest BCUT2D eigenvalue weighted by Crippen LogP contribution is -1.94. The average molecular weight is 279 g/mol. The van der Waals surface area contributed by atoms with Crippen molar-refractivity contribution in [1.82, 2.24) is 10.1 Å². The number of nitrogens with zero attached hydrogens (tertiary/aromatic N) is 2. The lowest BCUT2D eigenvalue weighted by Gasteiger charge is -2.03. The number of nitrogens with two attached hydrogens (primary N) is 1. The van der Waals surface area contributed by atoms with Crippen molar-refractivity contribution in [2.24, 2.45) is 0 Å². The standard InChI is InChI=1S/C17H17N3O/c18-17-16(14-9-5-11-19-12-14)15(20-21-17)10-4-8-13-6-2-1-3-7-13/h1-3,5-7,9,11-12H,4,8,10,18H2. The maximum atomic E-state index is 5.90. The summed E-state index contributed by atoms with van der Waals surface area (Å²) in [7, 11) is 0. The maximum absolute atomic E-state index is 5.90. The average Bonchev–Trinajstić information content (AvgIpc) is 2.90. The van der Waals surface area contributed by atoms with Gasteiger partial charge >= 0.3 is 0 Å². The van der Waals surface area contributed by atoms with Gasteiger partial charge in [-0.3, -0.25) is 4.98 Å². The first-order valence-corrected chi connectivity index (χ1v) is 7.03. The highest BCUT2D eigenvalue weighted by Gasteiger charge is 2.15. The van der Waals surface area contributed by atoms with Crippen molar-refractivity contribution >= 4 is 5.88 Å². The van der Waals surface area contributed by atoms with Crippen LogP contribution >= 0.6 is 0 Å². The molecular weight excluding hydrogens is 262 g/mol. The minimum atomic E-state index is 0.359. The first-order chi connectivity index (χ1) is 10.3. The van der Waals surface area contributed by atoms with Gasteiger partial charge in [0.25, 0.3) is 0 Å². The molecule has 21 heavy (non-hydrogen) atoms. The zero-order valence-electron chi connectivity index (χ0n) is 11.7. The summed E-state index contributed by atoms with van der Waals surface area (Å²) < 4.78 is 5.15. The van der Waals surface area contributed by atoms with Crippen molar-refractivity contribution in [1.29, 1.82) is 0 Å². The SMILES string of the molecule is Nc1onc(CCCc2ccccc2)c1-c1cccnc1. The first kappa shape index (κ1) is 13.4. The molecule has 0 amide bonds. The molecule has 0 saturated heterocycles. The second-order valence-corrected chi connectivity index (χ2v) is 4.95. The summed E-state index contributed by atoms with van der Waals surface area (Å²) in [5.74, 6) is 0.359. The summed E-state index contributed by atoms with van der Waals surface area (Å²) in [6.07, 6.45) is 6.37. The fourth-order valence-corrected chi connectivity index (χ4v) is 2.43. The molecule has 2 N–H and O–H groups in total. The summed E-state index contributed by atoms with van der Waals surface area (Å²) in [5, 5.41) is 4.10. The quantitative estimate of drug-likeness (QED) is 0.776. The molecule has 4 heteroatoms. The molecule has 3 rings (SSSR count). The third-order valence-electron chi connectivity index (χ3n) is 3.46. The number of hydrogen-bond acceptors (Lipinski definition) is 4. The highest BCUT2D eigenvalue weighted by Crippen LogP contribution is 2.29. The predicted octanol–water partition coefficient (Wildman–Crippen LogP) is 3.49. The Bertz CT molecular complexity index is 693. The lowest BCUT2D eigenvalue weighted by molar-refractivity contribution is 0.426. The summed E-state index contributed by atoms with van der Waals surface area (Å²) in [5.41, 5.74) is 9.95. The van der Waals surface area contributed by atoms with E-state index in [2.05, 4.69) is 34.4 Å². The molecule has 2 aromatic heterocycles. The molecular formula is C17H17N3O. The summed E-state index contributed by atoms with van der Waals surface area (Å²) in [6.45, 7) is 0. The van der Waals surface area contributed by atoms with Crippen LogP contribution in [0.1, 0.15) is 17.7 Å². The van der Waals surface area contributed by atoms with Crippen molar-refractivity contribution in [3.8, 4) is 11.1 Å². The monoisotopic (exact) mass is 279 g/mol. The number of benzene rings is 1. The van der Waals surface area contributed by atoms with Crippen LogP contribution in [0.3, 0.4) is 0 Å². The van der Waals surface area contributed by atoms with Crippen LogP contribution in [0.4, 0.5) is 5.88 Å². The minimum Gasteiger partial charge on any atom is -0.367 e. The van der Waals surface area contributed by atoms with Crippen LogP contribution in [0.15, 0.2) is 59.4 Å². The van der Waals surface area contributed by atoms with Gasteiger partial charge in [0.1, 0.15) is 0 Å². The Morgan fingerprint density at radius 1 is 1.00 bits per heavy atom. The zero-order chi connectivity index (χ0) is 14.5. The van der Waals surface area contributed by atoms with E-state index in [4.69, 9.17) is 10.3 Å². The number of aromatic nitrogens is 2. The Morgan fingerprint density at radius 3 is 2.62 bits per heavy atom. The van der Waals surface area contributed by atoms with Crippen LogP contribution < -0.4 is 5.73 Å². The van der Waals surface area contributed by atoms with E-state index in [0.717, 1.165) is 36.1 Å². The highest BCUT2D eigenvalue weighted by atomic mass is 16.5. The van der Waals surface area contributed by atoms with Crippen LogP contribution in [0.25, 0.3) is 11.1 Å². The molecule has 0 saturated carbocycles. The minimum absolute atomic E-state index is 0.359. The summed E-state index contributed by atoms with van der Waals surface area (Å²) in [6, 6.07) is 14.3. The Hall–Kier alpha value is -2.62. The number of pyridine rings is 1. The number of anilines is 1. The Kier molecular flexibility index (Phi) is 3.96. The van der Waals surface area contributed by atoms with E-state index in [1.807, 2.05) is 18.2 Å². The molecule has 3 aromatic rings. The number of aryl methyl sites for hydroxylation is 2. The van der Waals surface area contributed by atoms with Gasteiger partial charge in [-0.15, -0.1) is 0 Å². The van der Waals surface area contributed by atoms with Gasteiger partial charge in [0.05, 0.1) is 11.3 Å². The molecule has 1 aromatic carbocycles. The second-order valence-electron chi connectivity index (χ2n) is 4.95. The molecule has 0 radical (unpaired) electrons. The van der Waals surface area contributed by atoms with Gasteiger partial charge < -0.3 is 10.3 Å². The van der Waals surface area contributed by atoms with Crippen LogP contribution in [-0.2, 0) is 12.8 Å². The molecule has 0 atom stereocenters. The highest BCUT2D eigenvalue weighted by molar-refractivity contribution is 5.74. The van der Waals surface area contributed by atoms with Gasteiger partial charge in [-0.05, 0) is 30.9 Å². The normalized spacial score (nSPS) is 10.7. The van der Waals surface area contributed by atoms with Crippen LogP contribution in [0.2, 0.25) is 0 Å². The van der Waals surface area contributed by atoms with Crippen LogP contribution in [0.5, 0.6) is 0 Å². The third kappa shape index (κ3) is 3.11. The lowest BCUT2D eigenvalue weighted by atomic mass is 10.0. The van der Waals surface area contributed by atoms with E-state index < -0.39 is 0 Å². The number of nitrogen functional groups attached to an aromatic ring is 1. The smallest absolute Gasteiger partial charge is 0.230 e. The molecule has 0 fully saturated rings. The summed E-state index contributed by atoms with van der Waals surface area (Å²) >= 11 is 0. The van der Waals surface area contributed by atoms with E-state index >= 15 is 0 Å². The van der Waals surface area contributed by atoms with Gasteiger partial charge in [0.2, 0.25) is 5.88 Å². The molecule has 0 aliphatic heterocycles. The van der Waals surface area contributed by atoms with E-state index in [-0.39, 0.29) is 0 Å². The van der Waals surface area contributed by atoms with Gasteiger partial charge in [-0.1, -0.05) is 41.6 Å². The van der Waals surface area contributed by atoms with Gasteiger partial charge in [0, 0.05) is 18.0 Å². The van der Waals surface area contributed by atoms with Crippen molar-refractivity contribution in [3.63, 3.8) is 0 Å². The van der Waals surface area contributed by atoms with Crippen molar-refractivity contribution in [2.75, 3.05) is 5.73 Å². The molecule has 2 heterocycles. The van der Waals surface area contributed by atoms with Gasteiger partial charge in [-0.2, -0.15) is 0 Å². The largest absolute Gasteiger partial charge is 0.367 e. The first-order valence-electron chi connectivity index (χ1n) is 7.03. The Labute approximate surface area is 123 Å². The Balaban J connectivity index is 1.72. The molecule has 0 spiro atoms. The van der Waals surface area contributed by atoms with Crippen LogP contribution in [0, 0.1) is 0 Å². The molecule has 0 bridgehead atoms. The predicted molar refractivity (Wildman–Crippen MR) is 82.6 cm³/mol. The topological polar surface area (TPSA) is 64.9 Å². The van der Waals surface area contributed by atoms with E-state index in [1.54, 1.807) is 12.4 Å². The van der Waals surface area contributed by atoms with Crippen molar-refractivity contribution in [3.05, 3.63) is 66.1 Å². The molecule has 0 aliphatic carbocycles. The van der Waals surface area contributed by atoms with E-state index in [1.165, 1.54) is 5.56 Å². The fraction of sp³-hybridized carbons (Fsp3) is 0.176. The van der Waals surface area contributed by atoms with E-state index in [0.29, 0.717) is 5.88 Å². The summed E-state index contributed by atoms with van der Waals surface area (Å²) in [4.78, 5) is 4.13. The van der Waals surface area contributed by atoms with E-state index in [9.17, 15) is 0 Å². The Morgan fingerprint density at radius 2 is 1.86 bits per heavy atom. The molecule has 0 aliphatic rings. The zero-order valence-corrected chi connectivity index (χ0v) is 11.7. The molecule has 0 unspecified atom stereocenters. The molecule has 106 valence electrons. The van der Waals surface area contributed by atoms with Crippen LogP contribution in [-0.4, -0.2) is 10.1 Å². The number of rotatable bonds is 5. The van der Waals surface area contributed by atoms with Crippen molar-refractivity contribution in [2.45, 2.75) is 19.3 Å². The third-order valence-corrected chi connectivity index (χ3v) is 3.46. The second kappa shape index (κ2) is 6.22. The number of hydrogen-bond donors (Lipinski definition) is 1. The van der Waals surface area contributed by atoms with Gasteiger partial charge in [0.15, 0.2) is 0 Å². The van der Waals surface area contributed by atoms with Gasteiger partial charge in [-0.25, -0.2) is 0 Å². The maximum Gasteiger partial charge on any atom is 0.230 e.